The van der Waals surface area contributed by atoms with Gasteiger partial charge in [-0.1, -0.05) is 55.5 Å². The number of carbonyl (C=O) groups is 3. The molecular formula is C25H24N4O3S. The Morgan fingerprint density at radius 3 is 2.76 bits per heavy atom. The molecule has 168 valence electrons. The van der Waals surface area contributed by atoms with Gasteiger partial charge in [0.15, 0.2) is 5.13 Å². The van der Waals surface area contributed by atoms with Crippen molar-refractivity contribution < 1.29 is 14.4 Å². The van der Waals surface area contributed by atoms with E-state index in [9.17, 15) is 14.4 Å². The molecular weight excluding hydrogens is 436 g/mol. The lowest BCUT2D eigenvalue weighted by molar-refractivity contribution is -0.134. The van der Waals surface area contributed by atoms with E-state index in [4.69, 9.17) is 0 Å². The van der Waals surface area contributed by atoms with Gasteiger partial charge in [-0.05, 0) is 42.4 Å². The summed E-state index contributed by atoms with van der Waals surface area (Å²) in [6, 6.07) is 15.3. The summed E-state index contributed by atoms with van der Waals surface area (Å²) in [6.45, 7) is 1.75. The first-order valence-corrected chi connectivity index (χ1v) is 12.0. The van der Waals surface area contributed by atoms with Crippen LogP contribution in [0.25, 0.3) is 11.3 Å². The van der Waals surface area contributed by atoms with Crippen LogP contribution in [0.3, 0.4) is 0 Å². The summed E-state index contributed by atoms with van der Waals surface area (Å²) in [7, 11) is 0. The number of benzene rings is 2. The number of aryl methyl sites for hydroxylation is 2. The van der Waals surface area contributed by atoms with Gasteiger partial charge in [0.2, 0.25) is 5.91 Å². The Hall–Kier alpha value is -3.52. The Labute approximate surface area is 195 Å². The normalized spacial score (nSPS) is 19.5. The van der Waals surface area contributed by atoms with Crippen LogP contribution < -0.4 is 10.6 Å². The number of anilines is 1. The zero-order valence-corrected chi connectivity index (χ0v) is 19.1. The Morgan fingerprint density at radius 2 is 1.97 bits per heavy atom. The molecule has 0 bridgehead atoms. The standard InChI is InChI=1S/C25H24N4O3S/c1-2-16-9-11-18(12-10-16)20-15-33-23(26-20)27-21(30)14-29-22(31)25(28-24(29)32)13-5-7-17-6-3-4-8-19(17)25/h3-4,6,8-12,15H,2,5,7,13-14H2,1H3,(H,28,32)(H,26,27,30)/t25-/m0/s1. The zero-order valence-electron chi connectivity index (χ0n) is 18.3. The predicted octanol–water partition coefficient (Wildman–Crippen LogP) is 4.09. The summed E-state index contributed by atoms with van der Waals surface area (Å²) >= 11 is 1.31. The van der Waals surface area contributed by atoms with Gasteiger partial charge in [-0.25, -0.2) is 9.78 Å². The molecule has 1 saturated heterocycles. The van der Waals surface area contributed by atoms with Crippen molar-refractivity contribution in [1.29, 1.82) is 0 Å². The number of urea groups is 1. The van der Waals surface area contributed by atoms with E-state index >= 15 is 0 Å². The molecule has 0 saturated carbocycles. The lowest BCUT2D eigenvalue weighted by Gasteiger charge is -2.33. The molecule has 1 aromatic heterocycles. The van der Waals surface area contributed by atoms with Crippen molar-refractivity contribution in [3.8, 4) is 11.3 Å². The molecule has 2 heterocycles. The van der Waals surface area contributed by atoms with Crippen molar-refractivity contribution in [3.63, 3.8) is 0 Å². The van der Waals surface area contributed by atoms with Crippen LogP contribution in [-0.2, 0) is 28.0 Å². The van der Waals surface area contributed by atoms with Gasteiger partial charge in [-0.2, -0.15) is 0 Å². The SMILES string of the molecule is CCc1ccc(-c2csc(NC(=O)CN3C(=O)N[C@]4(CCCc5ccccc54)C3=O)n2)cc1. The second-order valence-corrected chi connectivity index (χ2v) is 9.23. The highest BCUT2D eigenvalue weighted by Gasteiger charge is 2.54. The minimum Gasteiger partial charge on any atom is -0.319 e. The first-order valence-electron chi connectivity index (χ1n) is 11.1. The van der Waals surface area contributed by atoms with Crippen molar-refractivity contribution in [2.24, 2.45) is 0 Å². The molecule has 33 heavy (non-hydrogen) atoms. The van der Waals surface area contributed by atoms with E-state index in [2.05, 4.69) is 34.7 Å². The number of aromatic nitrogens is 1. The summed E-state index contributed by atoms with van der Waals surface area (Å²) < 4.78 is 0. The average molecular weight is 461 g/mol. The van der Waals surface area contributed by atoms with E-state index in [1.807, 2.05) is 41.8 Å². The van der Waals surface area contributed by atoms with E-state index < -0.39 is 17.5 Å². The number of rotatable bonds is 5. The van der Waals surface area contributed by atoms with Gasteiger partial charge in [0, 0.05) is 10.9 Å². The van der Waals surface area contributed by atoms with Crippen molar-refractivity contribution in [3.05, 3.63) is 70.6 Å². The summed E-state index contributed by atoms with van der Waals surface area (Å²) in [4.78, 5) is 44.2. The molecule has 4 amide bonds. The minimum absolute atomic E-state index is 0.352. The third-order valence-electron chi connectivity index (χ3n) is 6.36. The maximum atomic E-state index is 13.3. The Bertz CT molecular complexity index is 1240. The molecule has 5 rings (SSSR count). The first kappa shape index (κ1) is 21.3. The molecule has 1 atom stereocenters. The lowest BCUT2D eigenvalue weighted by Crippen LogP contribution is -2.47. The Kier molecular flexibility index (Phi) is 5.46. The summed E-state index contributed by atoms with van der Waals surface area (Å²) in [5.74, 6) is -0.826. The number of hydrogen-bond acceptors (Lipinski definition) is 5. The second-order valence-electron chi connectivity index (χ2n) is 8.37. The van der Waals surface area contributed by atoms with Gasteiger partial charge < -0.3 is 10.6 Å². The van der Waals surface area contributed by atoms with Crippen molar-refractivity contribution in [1.82, 2.24) is 15.2 Å². The van der Waals surface area contributed by atoms with Crippen LogP contribution in [0.1, 0.15) is 36.5 Å². The van der Waals surface area contributed by atoms with Crippen LogP contribution >= 0.6 is 11.3 Å². The highest BCUT2D eigenvalue weighted by atomic mass is 32.1. The average Bonchev–Trinajstić information content (AvgIpc) is 3.38. The fourth-order valence-electron chi connectivity index (χ4n) is 4.63. The van der Waals surface area contributed by atoms with Crippen LogP contribution in [0, 0.1) is 0 Å². The number of amides is 4. The molecule has 8 heteroatoms. The molecule has 0 radical (unpaired) electrons. The van der Waals surface area contributed by atoms with Gasteiger partial charge in [-0.15, -0.1) is 11.3 Å². The van der Waals surface area contributed by atoms with Crippen LogP contribution in [0.5, 0.6) is 0 Å². The number of imide groups is 1. The molecule has 3 aromatic rings. The van der Waals surface area contributed by atoms with Crippen LogP contribution in [0.15, 0.2) is 53.9 Å². The van der Waals surface area contributed by atoms with Gasteiger partial charge in [-0.3, -0.25) is 14.5 Å². The molecule has 0 unspecified atom stereocenters. The third kappa shape index (κ3) is 3.80. The van der Waals surface area contributed by atoms with E-state index in [1.165, 1.54) is 16.9 Å². The Balaban J connectivity index is 1.29. The highest BCUT2D eigenvalue weighted by molar-refractivity contribution is 7.14. The monoisotopic (exact) mass is 460 g/mol. The number of hydrogen-bond donors (Lipinski definition) is 2. The molecule has 1 fully saturated rings. The predicted molar refractivity (Wildman–Crippen MR) is 127 cm³/mol. The van der Waals surface area contributed by atoms with E-state index in [-0.39, 0.29) is 12.5 Å². The fraction of sp³-hybridized carbons (Fsp3) is 0.280. The summed E-state index contributed by atoms with van der Waals surface area (Å²) in [5, 5.41) is 7.90. The third-order valence-corrected chi connectivity index (χ3v) is 7.12. The molecule has 1 aliphatic heterocycles. The van der Waals surface area contributed by atoms with E-state index in [0.717, 1.165) is 46.5 Å². The topological polar surface area (TPSA) is 91.4 Å². The molecule has 1 aliphatic carbocycles. The number of carbonyl (C=O) groups excluding carboxylic acids is 3. The minimum atomic E-state index is -1.08. The van der Waals surface area contributed by atoms with Crippen LogP contribution in [-0.4, -0.2) is 34.3 Å². The van der Waals surface area contributed by atoms with Gasteiger partial charge in [0.05, 0.1) is 5.69 Å². The van der Waals surface area contributed by atoms with Gasteiger partial charge in [0.1, 0.15) is 12.1 Å². The van der Waals surface area contributed by atoms with E-state index in [1.54, 1.807) is 0 Å². The highest BCUT2D eigenvalue weighted by Crippen LogP contribution is 2.39. The molecule has 2 aromatic carbocycles. The van der Waals surface area contributed by atoms with Gasteiger partial charge >= 0.3 is 6.03 Å². The van der Waals surface area contributed by atoms with Crippen LogP contribution in [0.4, 0.5) is 9.93 Å². The van der Waals surface area contributed by atoms with E-state index in [0.29, 0.717) is 11.6 Å². The largest absolute Gasteiger partial charge is 0.325 e. The smallest absolute Gasteiger partial charge is 0.319 e. The summed E-state index contributed by atoms with van der Waals surface area (Å²) in [5.41, 5.74) is 3.80. The van der Waals surface area contributed by atoms with Crippen molar-refractivity contribution in [2.75, 3.05) is 11.9 Å². The quantitative estimate of drug-likeness (QED) is 0.561. The van der Waals surface area contributed by atoms with Gasteiger partial charge in [0.25, 0.3) is 5.91 Å². The number of nitrogens with zero attached hydrogens (tertiary/aromatic N) is 2. The van der Waals surface area contributed by atoms with Crippen molar-refractivity contribution >= 4 is 34.3 Å². The Morgan fingerprint density at radius 1 is 1.18 bits per heavy atom. The number of nitrogens with one attached hydrogen (secondary N) is 2. The maximum Gasteiger partial charge on any atom is 0.325 e. The zero-order chi connectivity index (χ0) is 23.0. The maximum absolute atomic E-state index is 13.3. The second kappa shape index (κ2) is 8.44. The number of fused-ring (bicyclic) bond motifs is 2. The fourth-order valence-corrected chi connectivity index (χ4v) is 5.37. The summed E-state index contributed by atoms with van der Waals surface area (Å²) in [6.07, 6.45) is 3.16. The molecule has 7 nitrogen and oxygen atoms in total. The molecule has 2 aliphatic rings. The van der Waals surface area contributed by atoms with Crippen LogP contribution in [0.2, 0.25) is 0 Å². The van der Waals surface area contributed by atoms with Crippen molar-refractivity contribution in [2.45, 2.75) is 38.1 Å². The molecule has 2 N–H and O–H groups in total. The number of thiazole rings is 1. The lowest BCUT2D eigenvalue weighted by atomic mass is 9.76. The first-order chi connectivity index (χ1) is 16.0. The molecule has 1 spiro atoms.